The number of aromatic nitrogens is 2. The number of carbonyl (C=O) groups excluding carboxylic acids is 1. The van der Waals surface area contributed by atoms with E-state index in [-0.39, 0.29) is 17.9 Å². The second-order valence-corrected chi connectivity index (χ2v) is 3.67. The van der Waals surface area contributed by atoms with Crippen molar-refractivity contribution in [2.45, 2.75) is 6.42 Å². The molecule has 0 bridgehead atoms. The van der Waals surface area contributed by atoms with Crippen LogP contribution in [-0.2, 0) is 11.2 Å². The van der Waals surface area contributed by atoms with Gasteiger partial charge in [0.15, 0.2) is 0 Å². The highest BCUT2D eigenvalue weighted by atomic mass is 16.4. The minimum atomic E-state index is -1.04. The van der Waals surface area contributed by atoms with Crippen LogP contribution in [0.15, 0.2) is 36.7 Å². The third-order valence-electron chi connectivity index (χ3n) is 2.38. The van der Waals surface area contributed by atoms with E-state index in [9.17, 15) is 9.59 Å². The first-order valence-electron chi connectivity index (χ1n) is 5.26. The lowest BCUT2D eigenvalue weighted by Gasteiger charge is -2.05. The van der Waals surface area contributed by atoms with Crippen molar-refractivity contribution in [2.75, 3.05) is 5.32 Å². The van der Waals surface area contributed by atoms with E-state index in [1.54, 1.807) is 24.4 Å². The lowest BCUT2D eigenvalue weighted by Crippen LogP contribution is -2.16. The third kappa shape index (κ3) is 2.73. The molecule has 92 valence electrons. The number of hydrogen-bond donors (Lipinski definition) is 3. The molecule has 3 N–H and O–H groups in total. The quantitative estimate of drug-likeness (QED) is 0.756. The molecule has 0 atom stereocenters. The minimum Gasteiger partial charge on any atom is -0.478 e. The highest BCUT2D eigenvalue weighted by Crippen LogP contribution is 2.11. The number of carboxylic acid groups (broad SMARTS) is 1. The van der Waals surface area contributed by atoms with Gasteiger partial charge >= 0.3 is 5.97 Å². The maximum atomic E-state index is 11.7. The zero-order valence-corrected chi connectivity index (χ0v) is 9.38. The van der Waals surface area contributed by atoms with Gasteiger partial charge in [0.2, 0.25) is 5.91 Å². The van der Waals surface area contributed by atoms with Gasteiger partial charge in [-0.15, -0.1) is 0 Å². The molecule has 1 aromatic carbocycles. The van der Waals surface area contributed by atoms with Crippen molar-refractivity contribution >= 4 is 17.6 Å². The maximum Gasteiger partial charge on any atom is 0.335 e. The highest BCUT2D eigenvalue weighted by Gasteiger charge is 2.12. The van der Waals surface area contributed by atoms with Crippen LogP contribution in [-0.4, -0.2) is 27.2 Å². The number of hydrogen-bond acceptors (Lipinski definition) is 3. The number of nitrogens with one attached hydrogen (secondary N) is 2. The summed E-state index contributed by atoms with van der Waals surface area (Å²) in [6.07, 6.45) is 3.02. The number of carbonyl (C=O) groups is 2. The van der Waals surface area contributed by atoms with E-state index < -0.39 is 5.97 Å². The summed E-state index contributed by atoms with van der Waals surface area (Å²) < 4.78 is 0. The summed E-state index contributed by atoms with van der Waals surface area (Å²) in [7, 11) is 0. The van der Waals surface area contributed by atoms with Crippen molar-refractivity contribution in [1.82, 2.24) is 10.2 Å². The second-order valence-electron chi connectivity index (χ2n) is 3.67. The Morgan fingerprint density at radius 2 is 2.11 bits per heavy atom. The molecule has 0 spiro atoms. The summed E-state index contributed by atoms with van der Waals surface area (Å²) in [5, 5.41) is 17.9. The average Bonchev–Trinajstić information content (AvgIpc) is 2.82. The first-order valence-corrected chi connectivity index (χ1v) is 5.26. The number of carboxylic acids is 1. The molecular weight excluding hydrogens is 234 g/mol. The van der Waals surface area contributed by atoms with E-state index >= 15 is 0 Å². The van der Waals surface area contributed by atoms with Gasteiger partial charge in [0, 0.05) is 6.20 Å². The molecule has 0 saturated carbocycles. The van der Waals surface area contributed by atoms with Crippen molar-refractivity contribution < 1.29 is 14.7 Å². The molecule has 0 radical (unpaired) electrons. The van der Waals surface area contributed by atoms with Crippen LogP contribution in [0.5, 0.6) is 0 Å². The molecule has 0 saturated heterocycles. The molecule has 1 amide bonds. The number of rotatable bonds is 4. The summed E-state index contributed by atoms with van der Waals surface area (Å²) in [5.74, 6) is -1.33. The van der Waals surface area contributed by atoms with Crippen LogP contribution in [0.4, 0.5) is 5.69 Å². The predicted molar refractivity (Wildman–Crippen MR) is 64.3 cm³/mol. The Kier molecular flexibility index (Phi) is 3.38. The number of nitrogens with zero attached hydrogens (tertiary/aromatic N) is 1. The molecule has 1 heterocycles. The largest absolute Gasteiger partial charge is 0.478 e. The summed E-state index contributed by atoms with van der Waals surface area (Å²) in [5.41, 5.74) is 1.17. The molecule has 6 heteroatoms. The smallest absolute Gasteiger partial charge is 0.335 e. The topological polar surface area (TPSA) is 95.1 Å². The molecule has 2 aromatic rings. The maximum absolute atomic E-state index is 11.7. The Balaban J connectivity index is 2.09. The van der Waals surface area contributed by atoms with E-state index in [0.29, 0.717) is 11.3 Å². The van der Waals surface area contributed by atoms with Gasteiger partial charge in [-0.3, -0.25) is 9.89 Å². The van der Waals surface area contributed by atoms with E-state index in [0.717, 1.165) is 0 Å². The Morgan fingerprint density at radius 3 is 2.78 bits per heavy atom. The first kappa shape index (κ1) is 11.8. The molecule has 2 rings (SSSR count). The summed E-state index contributed by atoms with van der Waals surface area (Å²) in [6, 6.07) is 6.43. The van der Waals surface area contributed by atoms with E-state index in [1.807, 2.05) is 0 Å². The van der Waals surface area contributed by atoms with Crippen molar-refractivity contribution in [3.05, 3.63) is 47.8 Å². The third-order valence-corrected chi connectivity index (χ3v) is 2.38. The van der Waals surface area contributed by atoms with Gasteiger partial charge in [0.05, 0.1) is 23.9 Å². The molecule has 6 nitrogen and oxygen atoms in total. The molecule has 1 aromatic heterocycles. The van der Waals surface area contributed by atoms with Gasteiger partial charge in [-0.1, -0.05) is 18.2 Å². The van der Waals surface area contributed by atoms with E-state index in [4.69, 9.17) is 5.11 Å². The molecular formula is C12H11N3O3. The number of H-pyrrole nitrogens is 1. The van der Waals surface area contributed by atoms with Crippen LogP contribution in [0.1, 0.15) is 15.9 Å². The van der Waals surface area contributed by atoms with Gasteiger partial charge in [0.25, 0.3) is 0 Å². The number of amides is 1. The second kappa shape index (κ2) is 5.13. The summed E-state index contributed by atoms with van der Waals surface area (Å²) >= 11 is 0. The monoisotopic (exact) mass is 245 g/mol. The lowest BCUT2D eigenvalue weighted by atomic mass is 10.0. The van der Waals surface area contributed by atoms with Gasteiger partial charge in [0.1, 0.15) is 0 Å². The standard InChI is InChI=1S/C12H11N3O3/c16-11(15-9-6-13-14-7-9)5-8-3-1-2-4-10(8)12(17)18/h1-4,6-7H,5H2,(H,13,14)(H,15,16)(H,17,18). The SMILES string of the molecule is O=C(Cc1ccccc1C(=O)O)Nc1cn[nH]c1. The molecule has 0 unspecified atom stereocenters. The van der Waals surface area contributed by atoms with E-state index in [2.05, 4.69) is 15.5 Å². The number of aromatic amines is 1. The molecule has 18 heavy (non-hydrogen) atoms. The van der Waals surface area contributed by atoms with Crippen LogP contribution in [0.2, 0.25) is 0 Å². The highest BCUT2D eigenvalue weighted by molar-refractivity contribution is 5.95. The van der Waals surface area contributed by atoms with Crippen LogP contribution in [0.25, 0.3) is 0 Å². The van der Waals surface area contributed by atoms with Gasteiger partial charge < -0.3 is 10.4 Å². The summed E-state index contributed by atoms with van der Waals surface area (Å²) in [6.45, 7) is 0. The minimum absolute atomic E-state index is 0.00759. The lowest BCUT2D eigenvalue weighted by molar-refractivity contribution is -0.115. The fourth-order valence-electron chi connectivity index (χ4n) is 1.58. The molecule has 0 aliphatic carbocycles. The predicted octanol–water partition coefficient (Wildman–Crippen LogP) is 1.29. The van der Waals surface area contributed by atoms with Crippen molar-refractivity contribution in [1.29, 1.82) is 0 Å². The zero-order chi connectivity index (χ0) is 13.0. The normalized spacial score (nSPS) is 10.0. The van der Waals surface area contributed by atoms with Crippen molar-refractivity contribution in [2.24, 2.45) is 0 Å². The van der Waals surface area contributed by atoms with E-state index in [1.165, 1.54) is 12.3 Å². The Morgan fingerprint density at radius 1 is 1.33 bits per heavy atom. The first-order chi connectivity index (χ1) is 8.66. The van der Waals surface area contributed by atoms with Gasteiger partial charge in [-0.2, -0.15) is 5.10 Å². The zero-order valence-electron chi connectivity index (χ0n) is 9.38. The molecule has 0 fully saturated rings. The fourth-order valence-corrected chi connectivity index (χ4v) is 1.58. The number of aromatic carboxylic acids is 1. The fraction of sp³-hybridized carbons (Fsp3) is 0.0833. The number of benzene rings is 1. The van der Waals surface area contributed by atoms with Gasteiger partial charge in [-0.25, -0.2) is 4.79 Å². The van der Waals surface area contributed by atoms with Crippen LogP contribution in [0, 0.1) is 0 Å². The number of anilines is 1. The average molecular weight is 245 g/mol. The Labute approximate surface area is 103 Å². The van der Waals surface area contributed by atoms with Crippen molar-refractivity contribution in [3.63, 3.8) is 0 Å². The molecule has 0 aliphatic rings. The van der Waals surface area contributed by atoms with Crippen molar-refractivity contribution in [3.8, 4) is 0 Å². The Hall–Kier alpha value is -2.63. The van der Waals surface area contributed by atoms with Gasteiger partial charge in [-0.05, 0) is 11.6 Å². The summed E-state index contributed by atoms with van der Waals surface area (Å²) in [4.78, 5) is 22.7. The van der Waals surface area contributed by atoms with Crippen LogP contribution < -0.4 is 5.32 Å². The molecule has 0 aliphatic heterocycles. The van der Waals surface area contributed by atoms with Crippen LogP contribution in [0.3, 0.4) is 0 Å². The van der Waals surface area contributed by atoms with Crippen LogP contribution >= 0.6 is 0 Å². The Bertz CT molecular complexity index is 564.